The lowest BCUT2D eigenvalue weighted by Crippen LogP contribution is -2.28. The minimum Gasteiger partial charge on any atom is -0.207 e. The summed E-state index contributed by atoms with van der Waals surface area (Å²) >= 11 is 0. The average molecular weight is 287 g/mol. The van der Waals surface area contributed by atoms with E-state index >= 15 is 0 Å². The molecule has 0 amide bonds. The van der Waals surface area contributed by atoms with Crippen molar-refractivity contribution in [3.8, 4) is 0 Å². The van der Waals surface area contributed by atoms with Crippen LogP contribution in [0.3, 0.4) is 0 Å². The largest absolute Gasteiger partial charge is 0.241 e. The molecule has 0 aliphatic heterocycles. The molecule has 0 heterocycles. The van der Waals surface area contributed by atoms with E-state index in [1.807, 2.05) is 30.3 Å². The van der Waals surface area contributed by atoms with Gasteiger partial charge in [0.1, 0.15) is 0 Å². The van der Waals surface area contributed by atoms with Crippen LogP contribution in [0.15, 0.2) is 78.2 Å². The SMILES string of the molecule is C=CC[C@H](NS(=O)(=O)c1ccccc1)c1ccccc1. The van der Waals surface area contributed by atoms with E-state index in [2.05, 4.69) is 11.3 Å². The molecule has 0 aliphatic carbocycles. The van der Waals surface area contributed by atoms with Gasteiger partial charge in [0, 0.05) is 0 Å². The second kappa shape index (κ2) is 6.50. The van der Waals surface area contributed by atoms with E-state index < -0.39 is 10.0 Å². The van der Waals surface area contributed by atoms with Gasteiger partial charge in [0.25, 0.3) is 0 Å². The summed E-state index contributed by atoms with van der Waals surface area (Å²) in [6.45, 7) is 3.69. The fraction of sp³-hybridized carbons (Fsp3) is 0.125. The Balaban J connectivity index is 2.27. The van der Waals surface area contributed by atoms with Gasteiger partial charge >= 0.3 is 0 Å². The maximum atomic E-state index is 12.3. The van der Waals surface area contributed by atoms with Crippen LogP contribution in [0.4, 0.5) is 0 Å². The first-order valence-corrected chi connectivity index (χ1v) is 7.85. The Kier molecular flexibility index (Phi) is 4.71. The molecule has 3 nitrogen and oxygen atoms in total. The number of nitrogens with one attached hydrogen (secondary N) is 1. The van der Waals surface area contributed by atoms with Crippen LogP contribution in [0, 0.1) is 0 Å². The third-order valence-electron chi connectivity index (χ3n) is 2.96. The van der Waals surface area contributed by atoms with Gasteiger partial charge in [0.05, 0.1) is 10.9 Å². The Morgan fingerprint density at radius 2 is 1.55 bits per heavy atom. The Bertz CT molecular complexity index is 651. The Hall–Kier alpha value is -1.91. The monoisotopic (exact) mass is 287 g/mol. The average Bonchev–Trinajstić information content (AvgIpc) is 2.48. The molecule has 0 bridgehead atoms. The molecule has 1 atom stereocenters. The molecule has 1 N–H and O–H groups in total. The second-order valence-electron chi connectivity index (χ2n) is 4.42. The van der Waals surface area contributed by atoms with Crippen LogP contribution < -0.4 is 4.72 Å². The molecule has 2 aromatic carbocycles. The van der Waals surface area contributed by atoms with Gasteiger partial charge in [-0.1, -0.05) is 54.6 Å². The van der Waals surface area contributed by atoms with Crippen molar-refractivity contribution in [3.05, 3.63) is 78.9 Å². The van der Waals surface area contributed by atoms with Crippen LogP contribution >= 0.6 is 0 Å². The third kappa shape index (κ3) is 3.56. The lowest BCUT2D eigenvalue weighted by Gasteiger charge is -2.17. The van der Waals surface area contributed by atoms with Crippen molar-refractivity contribution in [2.75, 3.05) is 0 Å². The first-order chi connectivity index (χ1) is 9.63. The minimum atomic E-state index is -3.53. The maximum Gasteiger partial charge on any atom is 0.241 e. The molecule has 0 saturated carbocycles. The molecular weight excluding hydrogens is 270 g/mol. The van der Waals surface area contributed by atoms with Crippen LogP contribution in [0.25, 0.3) is 0 Å². The molecule has 0 unspecified atom stereocenters. The number of rotatable bonds is 6. The summed E-state index contributed by atoms with van der Waals surface area (Å²) in [5.41, 5.74) is 0.923. The van der Waals surface area contributed by atoms with E-state index in [1.165, 1.54) is 0 Å². The van der Waals surface area contributed by atoms with Crippen molar-refractivity contribution in [2.45, 2.75) is 17.4 Å². The van der Waals surface area contributed by atoms with Crippen molar-refractivity contribution in [2.24, 2.45) is 0 Å². The lowest BCUT2D eigenvalue weighted by atomic mass is 10.1. The van der Waals surface area contributed by atoms with Crippen molar-refractivity contribution >= 4 is 10.0 Å². The predicted molar refractivity (Wildman–Crippen MR) is 80.8 cm³/mol. The quantitative estimate of drug-likeness (QED) is 0.829. The minimum absolute atomic E-state index is 0.269. The first kappa shape index (κ1) is 14.5. The molecule has 0 spiro atoms. The molecule has 4 heteroatoms. The number of benzene rings is 2. The molecule has 0 aliphatic rings. The fourth-order valence-corrected chi connectivity index (χ4v) is 3.22. The van der Waals surface area contributed by atoms with E-state index in [1.54, 1.807) is 36.4 Å². The Morgan fingerprint density at radius 1 is 1.00 bits per heavy atom. The van der Waals surface area contributed by atoms with Gasteiger partial charge in [-0.05, 0) is 24.1 Å². The highest BCUT2D eigenvalue weighted by atomic mass is 32.2. The van der Waals surface area contributed by atoms with Crippen LogP contribution in [0.5, 0.6) is 0 Å². The van der Waals surface area contributed by atoms with Gasteiger partial charge in [-0.2, -0.15) is 0 Å². The first-order valence-electron chi connectivity index (χ1n) is 6.37. The second-order valence-corrected chi connectivity index (χ2v) is 6.14. The molecule has 20 heavy (non-hydrogen) atoms. The van der Waals surface area contributed by atoms with Gasteiger partial charge in [0.2, 0.25) is 10.0 Å². The van der Waals surface area contributed by atoms with Crippen LogP contribution in [-0.2, 0) is 10.0 Å². The molecule has 0 saturated heterocycles. The molecule has 2 aromatic rings. The Labute approximate surface area is 120 Å². The Morgan fingerprint density at radius 3 is 2.10 bits per heavy atom. The normalized spacial score (nSPS) is 12.8. The summed E-state index contributed by atoms with van der Waals surface area (Å²) in [6, 6.07) is 17.6. The highest BCUT2D eigenvalue weighted by Crippen LogP contribution is 2.20. The highest BCUT2D eigenvalue weighted by Gasteiger charge is 2.20. The fourth-order valence-electron chi connectivity index (χ4n) is 1.96. The molecule has 104 valence electrons. The van der Waals surface area contributed by atoms with Crippen LogP contribution in [0.2, 0.25) is 0 Å². The van der Waals surface area contributed by atoms with Gasteiger partial charge in [-0.15, -0.1) is 6.58 Å². The summed E-state index contributed by atoms with van der Waals surface area (Å²) in [5, 5.41) is 0. The number of sulfonamides is 1. The molecule has 2 rings (SSSR count). The van der Waals surface area contributed by atoms with Gasteiger partial charge < -0.3 is 0 Å². The standard InChI is InChI=1S/C16H17NO2S/c1-2-9-16(14-10-5-3-6-11-14)17-20(18,19)15-12-7-4-8-13-15/h2-8,10-13,16-17H,1,9H2/t16-/m0/s1. The zero-order valence-corrected chi connectivity index (χ0v) is 11.9. The van der Waals surface area contributed by atoms with Crippen molar-refractivity contribution < 1.29 is 8.42 Å². The number of hydrogen-bond donors (Lipinski definition) is 1. The molecule has 0 radical (unpaired) electrons. The van der Waals surface area contributed by atoms with E-state index in [4.69, 9.17) is 0 Å². The predicted octanol–water partition coefficient (Wildman–Crippen LogP) is 3.28. The summed E-state index contributed by atoms with van der Waals surface area (Å²) in [5.74, 6) is 0. The summed E-state index contributed by atoms with van der Waals surface area (Å²) < 4.78 is 27.4. The van der Waals surface area contributed by atoms with Crippen LogP contribution in [-0.4, -0.2) is 8.42 Å². The van der Waals surface area contributed by atoms with Crippen molar-refractivity contribution in [3.63, 3.8) is 0 Å². The highest BCUT2D eigenvalue weighted by molar-refractivity contribution is 7.89. The zero-order chi connectivity index (χ0) is 14.4. The van der Waals surface area contributed by atoms with E-state index in [9.17, 15) is 8.42 Å². The zero-order valence-electron chi connectivity index (χ0n) is 11.1. The van der Waals surface area contributed by atoms with E-state index in [-0.39, 0.29) is 10.9 Å². The lowest BCUT2D eigenvalue weighted by molar-refractivity contribution is 0.557. The van der Waals surface area contributed by atoms with Gasteiger partial charge in [-0.3, -0.25) is 0 Å². The summed E-state index contributed by atoms with van der Waals surface area (Å²) in [4.78, 5) is 0.269. The van der Waals surface area contributed by atoms with Crippen molar-refractivity contribution in [1.29, 1.82) is 0 Å². The third-order valence-corrected chi connectivity index (χ3v) is 4.44. The van der Waals surface area contributed by atoms with E-state index in [0.717, 1.165) is 5.56 Å². The molecule has 0 fully saturated rings. The smallest absolute Gasteiger partial charge is 0.207 e. The van der Waals surface area contributed by atoms with E-state index in [0.29, 0.717) is 6.42 Å². The summed E-state index contributed by atoms with van der Waals surface area (Å²) in [7, 11) is -3.53. The summed E-state index contributed by atoms with van der Waals surface area (Å²) in [6.07, 6.45) is 2.25. The molecule has 0 aromatic heterocycles. The maximum absolute atomic E-state index is 12.3. The van der Waals surface area contributed by atoms with Gasteiger partial charge in [0.15, 0.2) is 0 Å². The van der Waals surface area contributed by atoms with Gasteiger partial charge in [-0.25, -0.2) is 13.1 Å². The topological polar surface area (TPSA) is 46.2 Å². The number of hydrogen-bond acceptors (Lipinski definition) is 2. The van der Waals surface area contributed by atoms with Crippen LogP contribution in [0.1, 0.15) is 18.0 Å². The molecular formula is C16H17NO2S. The van der Waals surface area contributed by atoms with Crippen molar-refractivity contribution in [1.82, 2.24) is 4.72 Å².